The summed E-state index contributed by atoms with van der Waals surface area (Å²) < 4.78 is 2.89. The van der Waals surface area contributed by atoms with Crippen LogP contribution in [0.3, 0.4) is 0 Å². The Morgan fingerprint density at radius 2 is 2.22 bits per heavy atom. The molecule has 0 spiro atoms. The predicted molar refractivity (Wildman–Crippen MR) is 74.7 cm³/mol. The van der Waals surface area contributed by atoms with Gasteiger partial charge in [0.25, 0.3) is 0 Å². The van der Waals surface area contributed by atoms with E-state index >= 15 is 0 Å². The maximum absolute atomic E-state index is 10.9. The summed E-state index contributed by atoms with van der Waals surface area (Å²) >= 11 is 3.51. The van der Waals surface area contributed by atoms with Crippen molar-refractivity contribution in [3.05, 3.63) is 33.9 Å². The largest absolute Gasteiger partial charge is 0.480 e. The maximum Gasteiger partial charge on any atom is 0.320 e. The Kier molecular flexibility index (Phi) is 3.45. The Morgan fingerprint density at radius 3 is 2.83 bits per heavy atom. The highest BCUT2D eigenvalue weighted by molar-refractivity contribution is 9.10. The van der Waals surface area contributed by atoms with Gasteiger partial charge in [0.1, 0.15) is 6.04 Å². The molecule has 1 aromatic heterocycles. The molecule has 1 atom stereocenters. The monoisotopic (exact) mass is 310 g/mol. The minimum Gasteiger partial charge on any atom is -0.480 e. The molecular formula is C13H15BrN2O2. The second-order valence-corrected chi connectivity index (χ2v) is 5.25. The molecule has 0 fully saturated rings. The fourth-order valence-corrected chi connectivity index (χ4v) is 2.66. The van der Waals surface area contributed by atoms with Crippen molar-refractivity contribution in [3.8, 4) is 0 Å². The van der Waals surface area contributed by atoms with E-state index in [2.05, 4.69) is 22.0 Å². The normalized spacial score (nSPS) is 12.9. The lowest BCUT2D eigenvalue weighted by Gasteiger charge is -2.06. The second-order valence-electron chi connectivity index (χ2n) is 4.50. The van der Waals surface area contributed by atoms with E-state index in [0.717, 1.165) is 21.1 Å². The van der Waals surface area contributed by atoms with E-state index in [1.165, 1.54) is 5.56 Å². The van der Waals surface area contributed by atoms with Crippen molar-refractivity contribution < 1.29 is 9.90 Å². The van der Waals surface area contributed by atoms with Crippen LogP contribution in [0.5, 0.6) is 0 Å². The number of aliphatic carboxylic acids is 1. The standard InChI is InChI=1S/C13H15BrN2O2/c1-7-3-4-8-9(6-10(15)13(17)18)12(14)16(2)11(8)5-7/h3-5,10H,6,15H2,1-2H3,(H,17,18). The Hall–Kier alpha value is -1.33. The average Bonchev–Trinajstić information content (AvgIpc) is 2.54. The average molecular weight is 311 g/mol. The number of aromatic nitrogens is 1. The summed E-state index contributed by atoms with van der Waals surface area (Å²) in [5, 5.41) is 9.96. The van der Waals surface area contributed by atoms with Gasteiger partial charge in [-0.15, -0.1) is 0 Å². The first-order valence-electron chi connectivity index (χ1n) is 5.63. The predicted octanol–water partition coefficient (Wildman–Crippen LogP) is 2.20. The highest BCUT2D eigenvalue weighted by Crippen LogP contribution is 2.30. The number of hydrogen-bond donors (Lipinski definition) is 2. The van der Waals surface area contributed by atoms with E-state index in [0.29, 0.717) is 6.42 Å². The molecule has 1 aromatic carbocycles. The van der Waals surface area contributed by atoms with Crippen molar-refractivity contribution in [2.24, 2.45) is 12.8 Å². The highest BCUT2D eigenvalue weighted by Gasteiger charge is 2.19. The number of nitrogens with zero attached hydrogens (tertiary/aromatic N) is 1. The van der Waals surface area contributed by atoms with Crippen LogP contribution in [0.25, 0.3) is 10.9 Å². The summed E-state index contributed by atoms with van der Waals surface area (Å²) in [4.78, 5) is 10.9. The van der Waals surface area contributed by atoms with Gasteiger partial charge in [-0.2, -0.15) is 0 Å². The van der Waals surface area contributed by atoms with Crippen LogP contribution < -0.4 is 5.73 Å². The molecule has 0 saturated heterocycles. The van der Waals surface area contributed by atoms with Gasteiger partial charge in [-0.05, 0) is 40.0 Å². The zero-order valence-corrected chi connectivity index (χ0v) is 11.9. The lowest BCUT2D eigenvalue weighted by atomic mass is 10.0. The summed E-state index contributed by atoms with van der Waals surface area (Å²) in [6, 6.07) is 5.23. The number of carboxylic acid groups (broad SMARTS) is 1. The SMILES string of the molecule is Cc1ccc2c(CC(N)C(=O)O)c(Br)n(C)c2c1. The minimum atomic E-state index is -0.981. The number of carbonyl (C=O) groups is 1. The number of rotatable bonds is 3. The third kappa shape index (κ3) is 2.15. The molecular weight excluding hydrogens is 296 g/mol. The molecule has 0 saturated carbocycles. The number of hydrogen-bond acceptors (Lipinski definition) is 2. The Morgan fingerprint density at radius 1 is 1.56 bits per heavy atom. The molecule has 0 bridgehead atoms. The van der Waals surface area contributed by atoms with E-state index < -0.39 is 12.0 Å². The molecule has 96 valence electrons. The van der Waals surface area contributed by atoms with Crippen LogP contribution in [0, 0.1) is 6.92 Å². The number of carboxylic acids is 1. The molecule has 0 aliphatic heterocycles. The summed E-state index contributed by atoms with van der Waals surface area (Å²) in [6.07, 6.45) is 0.316. The van der Waals surface area contributed by atoms with Crippen molar-refractivity contribution in [1.29, 1.82) is 0 Å². The van der Waals surface area contributed by atoms with Crippen LogP contribution >= 0.6 is 15.9 Å². The first-order valence-corrected chi connectivity index (χ1v) is 6.43. The molecule has 3 N–H and O–H groups in total. The van der Waals surface area contributed by atoms with E-state index in [9.17, 15) is 4.79 Å². The lowest BCUT2D eigenvalue weighted by Crippen LogP contribution is -2.32. The summed E-state index contributed by atoms with van der Waals surface area (Å²) in [7, 11) is 1.95. The highest BCUT2D eigenvalue weighted by atomic mass is 79.9. The number of benzene rings is 1. The molecule has 5 heteroatoms. The van der Waals surface area contributed by atoms with Gasteiger partial charge in [0, 0.05) is 24.4 Å². The van der Waals surface area contributed by atoms with Crippen molar-refractivity contribution in [3.63, 3.8) is 0 Å². The van der Waals surface area contributed by atoms with Gasteiger partial charge >= 0.3 is 5.97 Å². The van der Waals surface area contributed by atoms with Crippen LogP contribution in [0.4, 0.5) is 0 Å². The quantitative estimate of drug-likeness (QED) is 0.913. The van der Waals surface area contributed by atoms with E-state index in [1.54, 1.807) is 0 Å². The van der Waals surface area contributed by atoms with Gasteiger partial charge in [0.15, 0.2) is 0 Å². The number of nitrogens with two attached hydrogens (primary N) is 1. The van der Waals surface area contributed by atoms with Crippen molar-refractivity contribution >= 4 is 32.8 Å². The van der Waals surface area contributed by atoms with Gasteiger partial charge in [-0.1, -0.05) is 12.1 Å². The zero-order chi connectivity index (χ0) is 13.4. The number of halogens is 1. The first-order chi connectivity index (χ1) is 8.41. The van der Waals surface area contributed by atoms with Gasteiger partial charge in [0.05, 0.1) is 4.60 Å². The van der Waals surface area contributed by atoms with Crippen LogP contribution in [0.1, 0.15) is 11.1 Å². The molecule has 2 rings (SSSR count). The zero-order valence-electron chi connectivity index (χ0n) is 10.3. The van der Waals surface area contributed by atoms with Crippen molar-refractivity contribution in [1.82, 2.24) is 4.57 Å². The minimum absolute atomic E-state index is 0.316. The van der Waals surface area contributed by atoms with Gasteiger partial charge in [-0.3, -0.25) is 4.79 Å². The topological polar surface area (TPSA) is 68.2 Å². The second kappa shape index (κ2) is 4.74. The molecule has 0 amide bonds. The van der Waals surface area contributed by atoms with Crippen LogP contribution in [0.2, 0.25) is 0 Å². The Labute approximate surface area is 114 Å². The number of aryl methyl sites for hydroxylation is 2. The summed E-state index contributed by atoms with van der Waals surface area (Å²) in [5.74, 6) is -0.981. The van der Waals surface area contributed by atoms with Gasteiger partial charge < -0.3 is 15.4 Å². The molecule has 0 aliphatic carbocycles. The molecule has 1 unspecified atom stereocenters. The summed E-state index contributed by atoms with van der Waals surface area (Å²) in [5.41, 5.74) is 8.81. The van der Waals surface area contributed by atoms with E-state index in [1.807, 2.05) is 30.7 Å². The third-order valence-corrected chi connectivity index (χ3v) is 4.14. The Bertz CT molecular complexity index is 619. The fourth-order valence-electron chi connectivity index (χ4n) is 2.10. The maximum atomic E-state index is 10.9. The Balaban J connectivity index is 2.57. The van der Waals surface area contributed by atoms with Crippen molar-refractivity contribution in [2.75, 3.05) is 0 Å². The van der Waals surface area contributed by atoms with Crippen LogP contribution in [-0.4, -0.2) is 21.7 Å². The third-order valence-electron chi connectivity index (χ3n) is 3.12. The van der Waals surface area contributed by atoms with E-state index in [-0.39, 0.29) is 0 Å². The van der Waals surface area contributed by atoms with Crippen LogP contribution in [-0.2, 0) is 18.3 Å². The van der Waals surface area contributed by atoms with Gasteiger partial charge in [0.2, 0.25) is 0 Å². The molecule has 0 radical (unpaired) electrons. The molecule has 2 aromatic rings. The lowest BCUT2D eigenvalue weighted by molar-refractivity contribution is -0.138. The number of fused-ring (bicyclic) bond motifs is 1. The van der Waals surface area contributed by atoms with Crippen molar-refractivity contribution in [2.45, 2.75) is 19.4 Å². The van der Waals surface area contributed by atoms with Crippen LogP contribution in [0.15, 0.2) is 22.8 Å². The molecule has 1 heterocycles. The smallest absolute Gasteiger partial charge is 0.320 e. The van der Waals surface area contributed by atoms with Gasteiger partial charge in [-0.25, -0.2) is 0 Å². The molecule has 4 nitrogen and oxygen atoms in total. The molecule has 18 heavy (non-hydrogen) atoms. The van der Waals surface area contributed by atoms with E-state index in [4.69, 9.17) is 10.8 Å². The summed E-state index contributed by atoms with van der Waals surface area (Å²) in [6.45, 7) is 2.03. The first kappa shape index (κ1) is 13.1. The molecule has 0 aliphatic rings. The fraction of sp³-hybridized carbons (Fsp3) is 0.308.